The summed E-state index contributed by atoms with van der Waals surface area (Å²) in [4.78, 5) is 10.3. The number of primary amides is 1. The molecular weight excluding hydrogens is 220 g/mol. The van der Waals surface area contributed by atoms with Crippen LogP contribution >= 0.6 is 0 Å². The number of hydrogen-bond acceptors (Lipinski definition) is 4. The molecule has 1 aromatic rings. The van der Waals surface area contributed by atoms with Crippen molar-refractivity contribution in [1.82, 2.24) is 5.32 Å². The summed E-state index contributed by atoms with van der Waals surface area (Å²) in [6, 6.07) is 7.82. The Bertz CT molecular complexity index is 355. The summed E-state index contributed by atoms with van der Waals surface area (Å²) in [5.74, 6) is 0.873. The Morgan fingerprint density at radius 1 is 1.41 bits per heavy atom. The molecule has 0 atom stereocenters. The number of benzene rings is 1. The normalized spacial score (nSPS) is 9.94. The molecule has 0 aliphatic carbocycles. The van der Waals surface area contributed by atoms with Crippen LogP contribution in [0.25, 0.3) is 0 Å². The number of amides is 1. The Morgan fingerprint density at radius 2 is 2.18 bits per heavy atom. The molecule has 1 rings (SSSR count). The van der Waals surface area contributed by atoms with E-state index in [9.17, 15) is 4.79 Å². The van der Waals surface area contributed by atoms with Crippen molar-refractivity contribution in [2.24, 2.45) is 5.73 Å². The van der Waals surface area contributed by atoms with Gasteiger partial charge in [0.2, 0.25) is 0 Å². The summed E-state index contributed by atoms with van der Waals surface area (Å²) in [6.07, 6.45) is -0.749. The maximum Gasteiger partial charge on any atom is 0.404 e. The van der Waals surface area contributed by atoms with Crippen LogP contribution in [-0.2, 0) is 11.3 Å². The zero-order chi connectivity index (χ0) is 12.5. The van der Waals surface area contributed by atoms with Gasteiger partial charge in [-0.15, -0.1) is 0 Å². The molecule has 0 aromatic heterocycles. The number of nitrogens with one attached hydrogen (secondary N) is 1. The van der Waals surface area contributed by atoms with E-state index in [4.69, 9.17) is 10.5 Å². The summed E-state index contributed by atoms with van der Waals surface area (Å²) in [7, 11) is 0. The van der Waals surface area contributed by atoms with Crippen molar-refractivity contribution in [3.05, 3.63) is 29.8 Å². The van der Waals surface area contributed by atoms with E-state index in [1.54, 1.807) is 0 Å². The van der Waals surface area contributed by atoms with E-state index in [-0.39, 0.29) is 6.61 Å². The highest BCUT2D eigenvalue weighted by molar-refractivity contribution is 5.64. The van der Waals surface area contributed by atoms with E-state index in [0.29, 0.717) is 19.7 Å². The quantitative estimate of drug-likeness (QED) is 0.702. The molecule has 0 bridgehead atoms. The Hall–Kier alpha value is -1.75. The average Bonchev–Trinajstić information content (AvgIpc) is 2.31. The van der Waals surface area contributed by atoms with Crippen LogP contribution in [-0.4, -0.2) is 25.9 Å². The number of hydrogen-bond donors (Lipinski definition) is 2. The summed E-state index contributed by atoms with van der Waals surface area (Å²) in [5, 5.41) is 3.14. The van der Waals surface area contributed by atoms with Crippen LogP contribution in [0, 0.1) is 0 Å². The molecule has 0 aliphatic rings. The van der Waals surface area contributed by atoms with Gasteiger partial charge in [0.1, 0.15) is 12.4 Å². The highest BCUT2D eigenvalue weighted by Gasteiger charge is 2.01. The summed E-state index contributed by atoms with van der Waals surface area (Å²) in [5.41, 5.74) is 5.92. The summed E-state index contributed by atoms with van der Waals surface area (Å²) in [6.45, 7) is 4.08. The van der Waals surface area contributed by atoms with Gasteiger partial charge in [-0.3, -0.25) is 0 Å². The highest BCUT2D eigenvalue weighted by atomic mass is 16.5. The van der Waals surface area contributed by atoms with Crippen molar-refractivity contribution in [2.45, 2.75) is 13.5 Å². The van der Waals surface area contributed by atoms with Crippen molar-refractivity contribution in [3.8, 4) is 5.75 Å². The van der Waals surface area contributed by atoms with Gasteiger partial charge in [0, 0.05) is 18.7 Å². The van der Waals surface area contributed by atoms with Crippen LogP contribution in [0.15, 0.2) is 24.3 Å². The second-order valence-corrected chi connectivity index (χ2v) is 3.39. The zero-order valence-corrected chi connectivity index (χ0v) is 9.94. The van der Waals surface area contributed by atoms with E-state index in [1.807, 2.05) is 31.2 Å². The van der Waals surface area contributed by atoms with E-state index in [0.717, 1.165) is 11.3 Å². The van der Waals surface area contributed by atoms with Crippen molar-refractivity contribution < 1.29 is 14.3 Å². The summed E-state index contributed by atoms with van der Waals surface area (Å²) >= 11 is 0. The van der Waals surface area contributed by atoms with E-state index in [1.165, 1.54) is 0 Å². The SMILES string of the molecule is CCOc1ccccc1CNCCOC(N)=O. The molecule has 17 heavy (non-hydrogen) atoms. The topological polar surface area (TPSA) is 73.6 Å². The third kappa shape index (κ3) is 5.21. The lowest BCUT2D eigenvalue weighted by atomic mass is 10.2. The maximum atomic E-state index is 10.3. The van der Waals surface area contributed by atoms with Crippen LogP contribution in [0.3, 0.4) is 0 Å². The van der Waals surface area contributed by atoms with Crippen LogP contribution in [0.1, 0.15) is 12.5 Å². The Labute approximate surface area is 101 Å². The smallest absolute Gasteiger partial charge is 0.404 e. The number of rotatable bonds is 7. The summed E-state index contributed by atoms with van der Waals surface area (Å²) < 4.78 is 10.1. The Balaban J connectivity index is 2.33. The van der Waals surface area contributed by atoms with Crippen molar-refractivity contribution in [1.29, 1.82) is 0 Å². The number of nitrogens with two attached hydrogens (primary N) is 1. The van der Waals surface area contributed by atoms with Gasteiger partial charge >= 0.3 is 6.09 Å². The van der Waals surface area contributed by atoms with Gasteiger partial charge in [-0.05, 0) is 13.0 Å². The first-order valence-corrected chi connectivity index (χ1v) is 5.57. The first-order valence-electron chi connectivity index (χ1n) is 5.57. The monoisotopic (exact) mass is 238 g/mol. The fraction of sp³-hybridized carbons (Fsp3) is 0.417. The standard InChI is InChI=1S/C12H18N2O3/c1-2-16-11-6-4-3-5-10(11)9-14-7-8-17-12(13)15/h3-6,14H,2,7-9H2,1H3,(H2,13,15). The van der Waals surface area contributed by atoms with Crippen molar-refractivity contribution in [2.75, 3.05) is 19.8 Å². The lowest BCUT2D eigenvalue weighted by Crippen LogP contribution is -2.23. The van der Waals surface area contributed by atoms with Crippen LogP contribution in [0.4, 0.5) is 4.79 Å². The maximum absolute atomic E-state index is 10.3. The minimum atomic E-state index is -0.749. The molecular formula is C12H18N2O3. The van der Waals surface area contributed by atoms with Crippen LogP contribution in [0.2, 0.25) is 0 Å². The fourth-order valence-electron chi connectivity index (χ4n) is 1.39. The molecule has 0 spiro atoms. The lowest BCUT2D eigenvalue weighted by molar-refractivity contribution is 0.157. The van der Waals surface area contributed by atoms with Crippen LogP contribution in [0.5, 0.6) is 5.75 Å². The number of carbonyl (C=O) groups excluding carboxylic acids is 1. The third-order valence-corrected chi connectivity index (χ3v) is 2.11. The van der Waals surface area contributed by atoms with E-state index >= 15 is 0 Å². The average molecular weight is 238 g/mol. The first-order chi connectivity index (χ1) is 8.24. The lowest BCUT2D eigenvalue weighted by Gasteiger charge is -2.10. The minimum absolute atomic E-state index is 0.270. The van der Waals surface area contributed by atoms with Gasteiger partial charge in [0.25, 0.3) is 0 Å². The van der Waals surface area contributed by atoms with Gasteiger partial charge in [0.05, 0.1) is 6.61 Å². The fourth-order valence-corrected chi connectivity index (χ4v) is 1.39. The molecule has 0 unspecified atom stereocenters. The van der Waals surface area contributed by atoms with Gasteiger partial charge in [-0.2, -0.15) is 0 Å². The molecule has 1 amide bonds. The van der Waals surface area contributed by atoms with E-state index in [2.05, 4.69) is 10.1 Å². The Morgan fingerprint density at radius 3 is 2.88 bits per heavy atom. The molecule has 5 heteroatoms. The molecule has 0 radical (unpaired) electrons. The number of ether oxygens (including phenoxy) is 2. The minimum Gasteiger partial charge on any atom is -0.494 e. The predicted octanol–water partition coefficient (Wildman–Crippen LogP) is 1.27. The Kier molecular flexibility index (Phi) is 5.88. The molecule has 0 fully saturated rings. The van der Waals surface area contributed by atoms with Gasteiger partial charge in [0.15, 0.2) is 0 Å². The third-order valence-electron chi connectivity index (χ3n) is 2.11. The van der Waals surface area contributed by atoms with Gasteiger partial charge in [-0.25, -0.2) is 4.79 Å². The number of carbonyl (C=O) groups is 1. The van der Waals surface area contributed by atoms with Gasteiger partial charge in [-0.1, -0.05) is 18.2 Å². The second-order valence-electron chi connectivity index (χ2n) is 3.39. The molecule has 0 saturated carbocycles. The molecule has 5 nitrogen and oxygen atoms in total. The van der Waals surface area contributed by atoms with Crippen molar-refractivity contribution in [3.63, 3.8) is 0 Å². The highest BCUT2D eigenvalue weighted by Crippen LogP contribution is 2.17. The largest absolute Gasteiger partial charge is 0.494 e. The van der Waals surface area contributed by atoms with E-state index < -0.39 is 6.09 Å². The predicted molar refractivity (Wildman–Crippen MR) is 64.9 cm³/mol. The van der Waals surface area contributed by atoms with Crippen molar-refractivity contribution >= 4 is 6.09 Å². The zero-order valence-electron chi connectivity index (χ0n) is 9.94. The number of para-hydroxylation sites is 1. The molecule has 0 aliphatic heterocycles. The molecule has 0 heterocycles. The molecule has 1 aromatic carbocycles. The molecule has 3 N–H and O–H groups in total. The molecule has 0 saturated heterocycles. The van der Waals surface area contributed by atoms with Gasteiger partial charge < -0.3 is 20.5 Å². The van der Waals surface area contributed by atoms with Crippen LogP contribution < -0.4 is 15.8 Å². The first kappa shape index (κ1) is 13.3. The molecule has 94 valence electrons. The second kappa shape index (κ2) is 7.51.